The monoisotopic (exact) mass is 401 g/mol. The fraction of sp³-hybridized carbons (Fsp3) is 0.333. The topological polar surface area (TPSA) is 52.7 Å². The van der Waals surface area contributed by atoms with Gasteiger partial charge in [-0.25, -0.2) is 4.39 Å². The molecule has 2 amide bonds. The summed E-state index contributed by atoms with van der Waals surface area (Å²) in [6, 6.07) is 13.2. The number of carbonyl (C=O) groups is 2. The Bertz CT molecular complexity index is 821. The Morgan fingerprint density at radius 2 is 1.71 bits per heavy atom. The highest BCUT2D eigenvalue weighted by Gasteiger charge is 2.23. The highest BCUT2D eigenvalue weighted by Crippen LogP contribution is 2.21. The van der Waals surface area contributed by atoms with Crippen LogP contribution in [-0.4, -0.2) is 67.1 Å². The molecule has 0 aromatic heterocycles. The number of halogens is 1. The standard InChI is InChI=1S/C21H24FN3O2S/c1-28-19-5-3-2-4-18(19)21(27)25-14-12-24(13-15-25)11-10-23-20(26)16-6-8-17(22)9-7-16/h2-9H,10-15H2,1H3,(H,23,26). The Labute approximate surface area is 168 Å². The van der Waals surface area contributed by atoms with Crippen LogP contribution in [0, 0.1) is 5.82 Å². The minimum absolute atomic E-state index is 0.0780. The van der Waals surface area contributed by atoms with E-state index in [9.17, 15) is 14.0 Å². The van der Waals surface area contributed by atoms with Crippen LogP contribution in [0.4, 0.5) is 4.39 Å². The van der Waals surface area contributed by atoms with Crippen LogP contribution in [0.25, 0.3) is 0 Å². The first-order chi connectivity index (χ1) is 13.6. The fourth-order valence-corrected chi connectivity index (χ4v) is 3.79. The number of hydrogen-bond acceptors (Lipinski definition) is 4. The molecule has 0 unspecified atom stereocenters. The van der Waals surface area contributed by atoms with Crippen molar-refractivity contribution >= 4 is 23.6 Å². The van der Waals surface area contributed by atoms with E-state index in [0.717, 1.165) is 30.1 Å². The van der Waals surface area contributed by atoms with Crippen LogP contribution in [0.15, 0.2) is 53.4 Å². The fourth-order valence-electron chi connectivity index (χ4n) is 3.20. The molecule has 0 atom stereocenters. The molecule has 0 spiro atoms. The van der Waals surface area contributed by atoms with Gasteiger partial charge in [-0.1, -0.05) is 12.1 Å². The summed E-state index contributed by atoms with van der Waals surface area (Å²) in [4.78, 5) is 30.0. The van der Waals surface area contributed by atoms with E-state index < -0.39 is 0 Å². The molecule has 1 aliphatic heterocycles. The Morgan fingerprint density at radius 3 is 2.39 bits per heavy atom. The summed E-state index contributed by atoms with van der Waals surface area (Å²) in [6.07, 6.45) is 1.98. The van der Waals surface area contributed by atoms with E-state index in [1.165, 1.54) is 24.3 Å². The summed E-state index contributed by atoms with van der Waals surface area (Å²) in [6.45, 7) is 4.13. The van der Waals surface area contributed by atoms with Crippen LogP contribution in [0.1, 0.15) is 20.7 Å². The van der Waals surface area contributed by atoms with Gasteiger partial charge in [-0.2, -0.15) is 0 Å². The molecule has 5 nitrogen and oxygen atoms in total. The van der Waals surface area contributed by atoms with Gasteiger partial charge in [0.2, 0.25) is 0 Å². The third-order valence-corrected chi connectivity index (χ3v) is 5.61. The molecule has 2 aromatic carbocycles. The number of nitrogens with zero attached hydrogens (tertiary/aromatic N) is 2. The Hall–Kier alpha value is -2.38. The van der Waals surface area contributed by atoms with Crippen LogP contribution >= 0.6 is 11.8 Å². The van der Waals surface area contributed by atoms with E-state index in [0.29, 0.717) is 25.2 Å². The van der Waals surface area contributed by atoms with Gasteiger partial charge in [0.15, 0.2) is 0 Å². The molecule has 2 aromatic rings. The number of nitrogens with one attached hydrogen (secondary N) is 1. The normalized spacial score (nSPS) is 14.7. The molecule has 1 N–H and O–H groups in total. The summed E-state index contributed by atoms with van der Waals surface area (Å²) in [5, 5.41) is 2.85. The molecule has 7 heteroatoms. The first-order valence-electron chi connectivity index (χ1n) is 9.27. The van der Waals surface area contributed by atoms with Gasteiger partial charge in [0.1, 0.15) is 5.82 Å². The first kappa shape index (κ1) is 20.4. The van der Waals surface area contributed by atoms with E-state index in [4.69, 9.17) is 0 Å². The lowest BCUT2D eigenvalue weighted by molar-refractivity contribution is 0.0634. The number of rotatable bonds is 6. The zero-order valence-electron chi connectivity index (χ0n) is 15.9. The second-order valence-corrected chi connectivity index (χ2v) is 7.44. The van der Waals surface area contributed by atoms with E-state index in [1.54, 1.807) is 11.8 Å². The number of carbonyl (C=O) groups excluding carboxylic acids is 2. The maximum absolute atomic E-state index is 12.9. The summed E-state index contributed by atoms with van der Waals surface area (Å²) in [7, 11) is 0. The van der Waals surface area contributed by atoms with E-state index in [1.807, 2.05) is 35.4 Å². The molecule has 1 heterocycles. The number of hydrogen-bond donors (Lipinski definition) is 1. The van der Waals surface area contributed by atoms with Crippen LogP contribution in [0.2, 0.25) is 0 Å². The third kappa shape index (κ3) is 5.11. The molecule has 3 rings (SSSR count). The van der Waals surface area contributed by atoms with E-state index >= 15 is 0 Å². The lowest BCUT2D eigenvalue weighted by atomic mass is 10.2. The van der Waals surface area contributed by atoms with Gasteiger partial charge in [-0.05, 0) is 42.7 Å². The summed E-state index contributed by atoms with van der Waals surface area (Å²) in [5.74, 6) is -0.485. The lowest BCUT2D eigenvalue weighted by Gasteiger charge is -2.35. The second-order valence-electron chi connectivity index (χ2n) is 6.60. The minimum atomic E-state index is -0.357. The Morgan fingerprint density at radius 1 is 1.04 bits per heavy atom. The first-order valence-corrected chi connectivity index (χ1v) is 10.5. The highest BCUT2D eigenvalue weighted by molar-refractivity contribution is 7.98. The Kier molecular flexibility index (Phi) is 7.06. The van der Waals surface area contributed by atoms with Gasteiger partial charge < -0.3 is 10.2 Å². The van der Waals surface area contributed by atoms with Crippen LogP contribution in [-0.2, 0) is 0 Å². The smallest absolute Gasteiger partial charge is 0.255 e. The average Bonchev–Trinajstić information content (AvgIpc) is 2.74. The van der Waals surface area contributed by atoms with Gasteiger partial charge in [0, 0.05) is 49.7 Å². The van der Waals surface area contributed by atoms with E-state index in [2.05, 4.69) is 10.2 Å². The van der Waals surface area contributed by atoms with Crippen molar-refractivity contribution in [3.63, 3.8) is 0 Å². The van der Waals surface area contributed by atoms with Crippen LogP contribution < -0.4 is 5.32 Å². The van der Waals surface area contributed by atoms with Crippen molar-refractivity contribution in [1.29, 1.82) is 0 Å². The summed E-state index contributed by atoms with van der Waals surface area (Å²) in [5.41, 5.74) is 1.21. The van der Waals surface area contributed by atoms with Crippen molar-refractivity contribution in [3.8, 4) is 0 Å². The maximum atomic E-state index is 12.9. The van der Waals surface area contributed by atoms with Crippen LogP contribution in [0.5, 0.6) is 0 Å². The zero-order chi connectivity index (χ0) is 19.9. The predicted octanol–water partition coefficient (Wildman–Crippen LogP) is 2.74. The van der Waals surface area contributed by atoms with Gasteiger partial charge in [0.25, 0.3) is 11.8 Å². The largest absolute Gasteiger partial charge is 0.351 e. The Balaban J connectivity index is 1.43. The van der Waals surface area contributed by atoms with Gasteiger partial charge >= 0.3 is 0 Å². The molecule has 1 fully saturated rings. The van der Waals surface area contributed by atoms with Gasteiger partial charge in [-0.15, -0.1) is 11.8 Å². The van der Waals surface area contributed by atoms with Gasteiger partial charge in [0.05, 0.1) is 5.56 Å². The molecular formula is C21H24FN3O2S. The van der Waals surface area contributed by atoms with E-state index in [-0.39, 0.29) is 17.6 Å². The third-order valence-electron chi connectivity index (χ3n) is 4.82. The van der Waals surface area contributed by atoms with Crippen LogP contribution in [0.3, 0.4) is 0 Å². The van der Waals surface area contributed by atoms with Crippen molar-refractivity contribution in [1.82, 2.24) is 15.1 Å². The number of amides is 2. The quantitative estimate of drug-likeness (QED) is 0.757. The highest BCUT2D eigenvalue weighted by atomic mass is 32.2. The molecule has 148 valence electrons. The number of piperazine rings is 1. The number of thioether (sulfide) groups is 1. The SMILES string of the molecule is CSc1ccccc1C(=O)N1CCN(CCNC(=O)c2ccc(F)cc2)CC1. The van der Waals surface area contributed by atoms with Crippen molar-refractivity contribution in [2.45, 2.75) is 4.90 Å². The summed E-state index contributed by atoms with van der Waals surface area (Å²) >= 11 is 1.58. The van der Waals surface area contributed by atoms with Crippen molar-refractivity contribution < 1.29 is 14.0 Å². The molecule has 28 heavy (non-hydrogen) atoms. The second kappa shape index (κ2) is 9.71. The lowest BCUT2D eigenvalue weighted by Crippen LogP contribution is -2.50. The molecule has 1 aliphatic rings. The van der Waals surface area contributed by atoms with Crippen molar-refractivity contribution in [2.75, 3.05) is 45.5 Å². The van der Waals surface area contributed by atoms with Crippen molar-refractivity contribution in [2.24, 2.45) is 0 Å². The predicted molar refractivity (Wildman–Crippen MR) is 109 cm³/mol. The van der Waals surface area contributed by atoms with Gasteiger partial charge in [-0.3, -0.25) is 14.5 Å². The zero-order valence-corrected chi connectivity index (χ0v) is 16.7. The average molecular weight is 402 g/mol. The van der Waals surface area contributed by atoms with Crippen molar-refractivity contribution in [3.05, 3.63) is 65.5 Å². The molecule has 1 saturated heterocycles. The molecule has 0 bridgehead atoms. The molecule has 0 aliphatic carbocycles. The minimum Gasteiger partial charge on any atom is -0.351 e. The summed E-state index contributed by atoms with van der Waals surface area (Å²) < 4.78 is 12.9. The number of benzene rings is 2. The molecule has 0 saturated carbocycles. The maximum Gasteiger partial charge on any atom is 0.255 e. The molecule has 0 radical (unpaired) electrons. The molecular weight excluding hydrogens is 377 g/mol.